The predicted molar refractivity (Wildman–Crippen MR) is 58.2 cm³/mol. The number of hydrogen-bond donors (Lipinski definition) is 0. The van der Waals surface area contributed by atoms with Crippen LogP contribution < -0.4 is 0 Å². The van der Waals surface area contributed by atoms with Gasteiger partial charge in [0.25, 0.3) is 0 Å². The Hall–Kier alpha value is -0.820. The average Bonchev–Trinajstić information content (AvgIpc) is 2.04. The van der Waals surface area contributed by atoms with Crippen LogP contribution in [-0.2, 0) is 0 Å². The summed E-state index contributed by atoms with van der Waals surface area (Å²) in [6.45, 7) is 8.94. The number of hydrogen-bond acceptors (Lipinski definition) is 0. The van der Waals surface area contributed by atoms with Crippen LogP contribution in [0.3, 0.4) is 0 Å². The van der Waals surface area contributed by atoms with E-state index in [1.807, 2.05) is 0 Å². The highest BCUT2D eigenvalue weighted by molar-refractivity contribution is 5.27. The lowest BCUT2D eigenvalue weighted by Crippen LogP contribution is -1.91. The van der Waals surface area contributed by atoms with E-state index in [9.17, 15) is 0 Å². The zero-order valence-electron chi connectivity index (χ0n) is 8.96. The standard InChI is InChI=1S/C12H18.H2O/c1-9(2)11-6-5-7-12(8-11)10(3)4;/h5-10H,1-4H3;1H2. The first-order valence-electron chi connectivity index (χ1n) is 4.71. The second-order valence-corrected chi connectivity index (χ2v) is 3.98. The molecule has 0 spiro atoms. The highest BCUT2D eigenvalue weighted by atomic mass is 16.0. The molecule has 0 amide bonds. The summed E-state index contributed by atoms with van der Waals surface area (Å²) in [7, 11) is 0. The summed E-state index contributed by atoms with van der Waals surface area (Å²) in [5.41, 5.74) is 2.89. The Labute approximate surface area is 81.1 Å². The highest BCUT2D eigenvalue weighted by Gasteiger charge is 2.02. The van der Waals surface area contributed by atoms with Crippen LogP contribution in [0.5, 0.6) is 0 Å². The van der Waals surface area contributed by atoms with Gasteiger partial charge in [0.1, 0.15) is 0 Å². The van der Waals surface area contributed by atoms with Gasteiger partial charge in [-0.3, -0.25) is 0 Å². The molecule has 0 heterocycles. The van der Waals surface area contributed by atoms with Gasteiger partial charge in [-0.05, 0) is 23.0 Å². The van der Waals surface area contributed by atoms with Crippen LogP contribution in [0.4, 0.5) is 0 Å². The summed E-state index contributed by atoms with van der Waals surface area (Å²) < 4.78 is 0. The summed E-state index contributed by atoms with van der Waals surface area (Å²) >= 11 is 0. The largest absolute Gasteiger partial charge is 0.412 e. The van der Waals surface area contributed by atoms with E-state index in [1.165, 1.54) is 11.1 Å². The maximum atomic E-state index is 2.31. The number of rotatable bonds is 2. The van der Waals surface area contributed by atoms with E-state index < -0.39 is 0 Å². The van der Waals surface area contributed by atoms with Crippen molar-refractivity contribution in [2.75, 3.05) is 0 Å². The fourth-order valence-electron chi connectivity index (χ4n) is 1.28. The molecule has 0 aromatic heterocycles. The second kappa shape index (κ2) is 5.03. The van der Waals surface area contributed by atoms with Crippen LogP contribution in [0.15, 0.2) is 24.3 Å². The molecule has 0 saturated heterocycles. The third-order valence-corrected chi connectivity index (χ3v) is 2.24. The third-order valence-electron chi connectivity index (χ3n) is 2.24. The predicted octanol–water partition coefficient (Wildman–Crippen LogP) is 3.11. The van der Waals surface area contributed by atoms with E-state index in [0.717, 1.165) is 0 Å². The van der Waals surface area contributed by atoms with Crippen molar-refractivity contribution in [3.8, 4) is 0 Å². The van der Waals surface area contributed by atoms with E-state index >= 15 is 0 Å². The van der Waals surface area contributed by atoms with Crippen molar-refractivity contribution in [1.82, 2.24) is 0 Å². The van der Waals surface area contributed by atoms with Crippen LogP contribution in [0.25, 0.3) is 0 Å². The maximum Gasteiger partial charge on any atom is -0.0219 e. The van der Waals surface area contributed by atoms with Gasteiger partial charge in [-0.1, -0.05) is 52.0 Å². The Morgan fingerprint density at radius 1 is 0.846 bits per heavy atom. The fraction of sp³-hybridized carbons (Fsp3) is 0.500. The Bertz CT molecular complexity index is 228. The lowest BCUT2D eigenvalue weighted by atomic mass is 9.96. The van der Waals surface area contributed by atoms with Gasteiger partial charge in [0.2, 0.25) is 0 Å². The molecule has 1 rings (SSSR count). The molecule has 0 atom stereocenters. The minimum absolute atomic E-state index is 0. The summed E-state index contributed by atoms with van der Waals surface area (Å²) in [6, 6.07) is 8.88. The van der Waals surface area contributed by atoms with E-state index in [1.54, 1.807) is 0 Å². The van der Waals surface area contributed by atoms with Gasteiger partial charge < -0.3 is 5.48 Å². The maximum absolute atomic E-state index is 2.31. The first-order valence-corrected chi connectivity index (χ1v) is 4.71. The Kier molecular flexibility index (Phi) is 4.71. The van der Waals surface area contributed by atoms with Gasteiger partial charge in [0.15, 0.2) is 0 Å². The van der Waals surface area contributed by atoms with Crippen LogP contribution in [0.1, 0.15) is 50.7 Å². The Morgan fingerprint density at radius 3 is 1.54 bits per heavy atom. The minimum atomic E-state index is 0. The summed E-state index contributed by atoms with van der Waals surface area (Å²) in [5.74, 6) is 1.28. The lowest BCUT2D eigenvalue weighted by molar-refractivity contribution is 0.824. The molecule has 74 valence electrons. The highest BCUT2D eigenvalue weighted by Crippen LogP contribution is 2.20. The average molecular weight is 180 g/mol. The van der Waals surface area contributed by atoms with E-state index in [2.05, 4.69) is 52.0 Å². The molecule has 0 aliphatic heterocycles. The smallest absolute Gasteiger partial charge is 0.0219 e. The molecular formula is C12H20O. The second-order valence-electron chi connectivity index (χ2n) is 3.98. The molecule has 1 aromatic carbocycles. The molecule has 2 N–H and O–H groups in total. The van der Waals surface area contributed by atoms with Crippen LogP contribution in [0, 0.1) is 0 Å². The molecule has 0 aliphatic carbocycles. The van der Waals surface area contributed by atoms with Gasteiger partial charge in [-0.2, -0.15) is 0 Å². The quantitative estimate of drug-likeness (QED) is 0.669. The molecule has 13 heavy (non-hydrogen) atoms. The number of benzene rings is 1. The summed E-state index contributed by atoms with van der Waals surface area (Å²) in [4.78, 5) is 0. The van der Waals surface area contributed by atoms with E-state index in [0.29, 0.717) is 11.8 Å². The van der Waals surface area contributed by atoms with Crippen molar-refractivity contribution < 1.29 is 5.48 Å². The fourth-order valence-corrected chi connectivity index (χ4v) is 1.28. The van der Waals surface area contributed by atoms with Crippen LogP contribution in [0.2, 0.25) is 0 Å². The van der Waals surface area contributed by atoms with E-state index in [-0.39, 0.29) is 5.48 Å². The van der Waals surface area contributed by atoms with Gasteiger partial charge in [-0.25, -0.2) is 0 Å². The molecule has 0 aliphatic rings. The van der Waals surface area contributed by atoms with Crippen molar-refractivity contribution in [3.63, 3.8) is 0 Å². The molecule has 0 fully saturated rings. The molecule has 0 unspecified atom stereocenters. The molecular weight excluding hydrogens is 160 g/mol. The molecule has 0 saturated carbocycles. The monoisotopic (exact) mass is 180 g/mol. The van der Waals surface area contributed by atoms with E-state index in [4.69, 9.17) is 0 Å². The topological polar surface area (TPSA) is 31.5 Å². The zero-order chi connectivity index (χ0) is 9.14. The van der Waals surface area contributed by atoms with Crippen LogP contribution >= 0.6 is 0 Å². The Morgan fingerprint density at radius 2 is 1.23 bits per heavy atom. The Balaban J connectivity index is 0.00000144. The van der Waals surface area contributed by atoms with Crippen molar-refractivity contribution in [2.24, 2.45) is 0 Å². The van der Waals surface area contributed by atoms with Gasteiger partial charge in [-0.15, -0.1) is 0 Å². The zero-order valence-corrected chi connectivity index (χ0v) is 8.96. The summed E-state index contributed by atoms with van der Waals surface area (Å²) in [6.07, 6.45) is 0. The van der Waals surface area contributed by atoms with Crippen molar-refractivity contribution >= 4 is 0 Å². The van der Waals surface area contributed by atoms with Crippen molar-refractivity contribution in [2.45, 2.75) is 39.5 Å². The van der Waals surface area contributed by atoms with Crippen LogP contribution in [-0.4, -0.2) is 5.48 Å². The molecule has 1 nitrogen and oxygen atoms in total. The molecule has 1 aromatic rings. The lowest BCUT2D eigenvalue weighted by Gasteiger charge is -2.09. The van der Waals surface area contributed by atoms with Gasteiger partial charge in [0, 0.05) is 0 Å². The minimum Gasteiger partial charge on any atom is -0.412 e. The molecule has 1 heteroatoms. The molecule has 0 bridgehead atoms. The normalized spacial score (nSPS) is 10.3. The van der Waals surface area contributed by atoms with Gasteiger partial charge >= 0.3 is 0 Å². The van der Waals surface area contributed by atoms with Gasteiger partial charge in [0.05, 0.1) is 0 Å². The third kappa shape index (κ3) is 3.19. The summed E-state index contributed by atoms with van der Waals surface area (Å²) in [5, 5.41) is 0. The van der Waals surface area contributed by atoms with Crippen molar-refractivity contribution in [3.05, 3.63) is 35.4 Å². The SMILES string of the molecule is CC(C)c1cccc(C(C)C)c1.O. The first kappa shape index (κ1) is 12.2. The first-order chi connectivity index (χ1) is 5.61. The van der Waals surface area contributed by atoms with Crippen molar-refractivity contribution in [1.29, 1.82) is 0 Å². The molecule has 0 radical (unpaired) electrons.